The molecule has 2 aromatic heterocycles. The lowest BCUT2D eigenvalue weighted by Gasteiger charge is -2.47. The quantitative estimate of drug-likeness (QED) is 0.335. The largest absolute Gasteiger partial charge is 0.361 e. The van der Waals surface area contributed by atoms with Crippen LogP contribution in [0.25, 0.3) is 16.9 Å². The van der Waals surface area contributed by atoms with Crippen molar-refractivity contribution in [3.05, 3.63) is 87.8 Å². The van der Waals surface area contributed by atoms with Crippen molar-refractivity contribution >= 4 is 15.9 Å². The third kappa shape index (κ3) is 2.79. The van der Waals surface area contributed by atoms with Gasteiger partial charge in [0.25, 0.3) is 0 Å². The van der Waals surface area contributed by atoms with E-state index in [1.54, 1.807) is 0 Å². The number of benzene rings is 2. The normalized spacial score (nSPS) is 24.4. The molecule has 0 radical (unpaired) electrons. The summed E-state index contributed by atoms with van der Waals surface area (Å²) >= 11 is 3.65. The molecule has 3 atom stereocenters. The number of rotatable bonds is 2. The van der Waals surface area contributed by atoms with Gasteiger partial charge in [0.1, 0.15) is 5.76 Å². The Kier molecular flexibility index (Phi) is 4.26. The van der Waals surface area contributed by atoms with Crippen LogP contribution in [0, 0.1) is 5.92 Å². The number of aromatic nitrogens is 3. The van der Waals surface area contributed by atoms with E-state index in [0.717, 1.165) is 40.9 Å². The van der Waals surface area contributed by atoms with E-state index in [2.05, 4.69) is 94.2 Å². The van der Waals surface area contributed by atoms with Crippen LogP contribution in [0.4, 0.5) is 0 Å². The molecule has 0 aliphatic heterocycles. The Hall–Kier alpha value is -2.66. The fraction of sp³-hybridized carbons (Fsp3) is 0.308. The molecule has 4 aromatic rings. The van der Waals surface area contributed by atoms with Crippen LogP contribution in [0.3, 0.4) is 0 Å². The molecule has 4 nitrogen and oxygen atoms in total. The van der Waals surface area contributed by atoms with Crippen molar-refractivity contribution in [1.82, 2.24) is 14.9 Å². The van der Waals surface area contributed by atoms with Crippen molar-refractivity contribution in [1.29, 1.82) is 0 Å². The summed E-state index contributed by atoms with van der Waals surface area (Å²) < 4.78 is 8.95. The summed E-state index contributed by atoms with van der Waals surface area (Å²) in [7, 11) is 0. The number of nitrogens with zero attached hydrogens (tertiary/aromatic N) is 3. The van der Waals surface area contributed by atoms with Crippen LogP contribution in [0.1, 0.15) is 48.8 Å². The molecule has 6 rings (SSSR count). The number of hydrogen-bond donors (Lipinski definition) is 0. The van der Waals surface area contributed by atoms with E-state index < -0.39 is 0 Å². The van der Waals surface area contributed by atoms with Crippen molar-refractivity contribution < 1.29 is 4.52 Å². The van der Waals surface area contributed by atoms with Gasteiger partial charge in [-0.15, -0.1) is 0 Å². The van der Waals surface area contributed by atoms with Crippen LogP contribution in [0.2, 0.25) is 0 Å². The first-order valence-corrected chi connectivity index (χ1v) is 11.7. The maximum atomic E-state index is 5.68. The smallest absolute Gasteiger partial charge is 0.143 e. The Morgan fingerprint density at radius 3 is 2.77 bits per heavy atom. The zero-order chi connectivity index (χ0) is 21.2. The fourth-order valence-corrected chi connectivity index (χ4v) is 6.45. The van der Waals surface area contributed by atoms with Crippen LogP contribution in [0.5, 0.6) is 0 Å². The molecule has 0 fully saturated rings. The van der Waals surface area contributed by atoms with Gasteiger partial charge in [0.2, 0.25) is 0 Å². The van der Waals surface area contributed by atoms with Gasteiger partial charge in [0.15, 0.2) is 0 Å². The van der Waals surface area contributed by atoms with E-state index in [0.29, 0.717) is 11.8 Å². The molecule has 0 saturated carbocycles. The summed E-state index contributed by atoms with van der Waals surface area (Å²) in [5.41, 5.74) is 7.33. The minimum absolute atomic E-state index is 0.0338. The van der Waals surface area contributed by atoms with Gasteiger partial charge in [-0.1, -0.05) is 71.3 Å². The molecule has 0 saturated heterocycles. The molecular formula is C26H24BrN3O. The van der Waals surface area contributed by atoms with Crippen molar-refractivity contribution in [2.24, 2.45) is 5.92 Å². The Morgan fingerprint density at radius 1 is 1.13 bits per heavy atom. The summed E-state index contributed by atoms with van der Waals surface area (Å²) in [6.45, 7) is 4.72. The number of halogens is 1. The molecule has 2 heterocycles. The molecule has 0 bridgehead atoms. The standard InChI is InChI=1S/C26H24BrN3O/c1-16-22-12-11-21-23(17-7-4-3-5-8-17)29-30(20-10-6-9-19(27)13-20)25(21)26(22,2)14-18-15-28-31-24(16)18/h3-10,13,15-16,22H,11-12,14H2,1-2H3/t16-,22-,26-/m1/s1. The summed E-state index contributed by atoms with van der Waals surface area (Å²) in [5, 5.41) is 9.38. The highest BCUT2D eigenvalue weighted by Gasteiger charge is 2.51. The molecular weight excluding hydrogens is 450 g/mol. The van der Waals surface area contributed by atoms with Crippen LogP contribution in [0.15, 0.2) is 69.8 Å². The van der Waals surface area contributed by atoms with Gasteiger partial charge in [-0.05, 0) is 43.4 Å². The fourth-order valence-electron chi connectivity index (χ4n) is 6.06. The number of hydrogen-bond acceptors (Lipinski definition) is 3. The first-order chi connectivity index (χ1) is 15.1. The van der Waals surface area contributed by atoms with Crippen LogP contribution >= 0.6 is 15.9 Å². The van der Waals surface area contributed by atoms with Gasteiger partial charge >= 0.3 is 0 Å². The minimum Gasteiger partial charge on any atom is -0.361 e. The van der Waals surface area contributed by atoms with Crippen molar-refractivity contribution in [2.75, 3.05) is 0 Å². The van der Waals surface area contributed by atoms with Crippen LogP contribution in [-0.4, -0.2) is 14.9 Å². The van der Waals surface area contributed by atoms with Crippen molar-refractivity contribution in [3.8, 4) is 16.9 Å². The van der Waals surface area contributed by atoms with Gasteiger partial charge in [0.05, 0.1) is 23.3 Å². The predicted octanol–water partition coefficient (Wildman–Crippen LogP) is 6.47. The summed E-state index contributed by atoms with van der Waals surface area (Å²) in [6.07, 6.45) is 5.01. The molecule has 2 aliphatic rings. The van der Waals surface area contributed by atoms with E-state index >= 15 is 0 Å². The molecule has 5 heteroatoms. The molecule has 0 amide bonds. The van der Waals surface area contributed by atoms with E-state index in [-0.39, 0.29) is 5.41 Å². The highest BCUT2D eigenvalue weighted by Crippen LogP contribution is 2.55. The maximum absolute atomic E-state index is 5.68. The van der Waals surface area contributed by atoms with Crippen molar-refractivity contribution in [2.45, 2.75) is 44.4 Å². The highest BCUT2D eigenvalue weighted by atomic mass is 79.9. The Balaban J connectivity index is 1.63. The molecule has 0 spiro atoms. The molecule has 0 unspecified atom stereocenters. The molecule has 2 aromatic carbocycles. The second-order valence-corrected chi connectivity index (χ2v) is 10.1. The third-order valence-electron chi connectivity index (χ3n) is 7.40. The van der Waals surface area contributed by atoms with Gasteiger partial charge in [-0.3, -0.25) is 0 Å². The SMILES string of the molecule is C[C@H]1c2oncc2C[C@@]2(C)c3c(c(-c4ccccc4)nn3-c3cccc(Br)c3)CC[C@H]12. The monoisotopic (exact) mass is 473 g/mol. The summed E-state index contributed by atoms with van der Waals surface area (Å²) in [5.74, 6) is 1.91. The van der Waals surface area contributed by atoms with E-state index in [1.807, 2.05) is 6.20 Å². The lowest BCUT2D eigenvalue weighted by molar-refractivity contribution is 0.170. The topological polar surface area (TPSA) is 43.9 Å². The Labute approximate surface area is 190 Å². The third-order valence-corrected chi connectivity index (χ3v) is 7.89. The van der Waals surface area contributed by atoms with Crippen molar-refractivity contribution in [3.63, 3.8) is 0 Å². The average Bonchev–Trinajstić information content (AvgIpc) is 3.39. The zero-order valence-corrected chi connectivity index (χ0v) is 19.3. The molecule has 31 heavy (non-hydrogen) atoms. The lowest BCUT2D eigenvalue weighted by atomic mass is 9.56. The van der Waals surface area contributed by atoms with Crippen LogP contribution < -0.4 is 0 Å². The lowest BCUT2D eigenvalue weighted by Crippen LogP contribution is -2.45. The van der Waals surface area contributed by atoms with Gasteiger partial charge in [-0.25, -0.2) is 4.68 Å². The highest BCUT2D eigenvalue weighted by molar-refractivity contribution is 9.10. The predicted molar refractivity (Wildman–Crippen MR) is 124 cm³/mol. The summed E-state index contributed by atoms with van der Waals surface area (Å²) in [6, 6.07) is 19.1. The second kappa shape index (κ2) is 6.92. The van der Waals surface area contributed by atoms with E-state index in [4.69, 9.17) is 9.62 Å². The van der Waals surface area contributed by atoms with Gasteiger partial charge < -0.3 is 4.52 Å². The zero-order valence-electron chi connectivity index (χ0n) is 17.7. The van der Waals surface area contributed by atoms with Crippen LogP contribution in [-0.2, 0) is 18.3 Å². The van der Waals surface area contributed by atoms with Gasteiger partial charge in [-0.2, -0.15) is 5.10 Å². The van der Waals surface area contributed by atoms with E-state index in [9.17, 15) is 0 Å². The average molecular weight is 474 g/mol. The maximum Gasteiger partial charge on any atom is 0.143 e. The Morgan fingerprint density at radius 2 is 1.97 bits per heavy atom. The first kappa shape index (κ1) is 19.1. The first-order valence-electron chi connectivity index (χ1n) is 10.9. The van der Waals surface area contributed by atoms with Gasteiger partial charge in [0, 0.05) is 32.5 Å². The summed E-state index contributed by atoms with van der Waals surface area (Å²) in [4.78, 5) is 0. The minimum atomic E-state index is -0.0338. The molecule has 2 aliphatic carbocycles. The van der Waals surface area contributed by atoms with E-state index in [1.165, 1.54) is 22.4 Å². The molecule has 0 N–H and O–H groups in total. The number of fused-ring (bicyclic) bond motifs is 4. The Bertz CT molecular complexity index is 1280. The molecule has 156 valence electrons. The second-order valence-electron chi connectivity index (χ2n) is 9.18.